The Balaban J connectivity index is 1.57. The number of esters is 1. The number of hydrogen-bond acceptors (Lipinski definition) is 4. The number of aromatic nitrogens is 2. The summed E-state index contributed by atoms with van der Waals surface area (Å²) in [5, 5.41) is 2.67. The standard InChI is InChI=1S/C17H22N4O3/c1-11(16(22)24-2)18-17(23)21-9-7-12(8-10-21)15-19-13-5-3-4-6-14(13)20-15/h3-6,11-12H,7-10H2,1-2H3,(H,18,23)(H,19,20)/t11-/m1/s1. The molecule has 1 aliphatic rings. The average Bonchev–Trinajstić information content (AvgIpc) is 3.05. The lowest BCUT2D eigenvalue weighted by Crippen LogP contribution is -2.49. The number of aromatic amines is 1. The largest absolute Gasteiger partial charge is 0.467 e. The van der Waals surface area contributed by atoms with Gasteiger partial charge in [0, 0.05) is 19.0 Å². The highest BCUT2D eigenvalue weighted by molar-refractivity contribution is 5.83. The van der Waals surface area contributed by atoms with Crippen LogP contribution in [0, 0.1) is 0 Å². The second-order valence-electron chi connectivity index (χ2n) is 6.09. The van der Waals surface area contributed by atoms with Crippen molar-refractivity contribution in [3.8, 4) is 0 Å². The smallest absolute Gasteiger partial charge is 0.328 e. The molecule has 0 bridgehead atoms. The summed E-state index contributed by atoms with van der Waals surface area (Å²) in [5.74, 6) is 0.860. The Kier molecular flexibility index (Phi) is 4.69. The molecule has 2 heterocycles. The first-order chi connectivity index (χ1) is 11.6. The van der Waals surface area contributed by atoms with Gasteiger partial charge >= 0.3 is 12.0 Å². The number of carbonyl (C=O) groups is 2. The molecule has 1 fully saturated rings. The normalized spacial score (nSPS) is 16.8. The molecule has 24 heavy (non-hydrogen) atoms. The molecule has 1 aromatic carbocycles. The molecule has 0 radical (unpaired) electrons. The van der Waals surface area contributed by atoms with E-state index in [-0.39, 0.29) is 6.03 Å². The zero-order valence-electron chi connectivity index (χ0n) is 13.9. The zero-order valence-corrected chi connectivity index (χ0v) is 13.9. The fraction of sp³-hybridized carbons (Fsp3) is 0.471. The maximum absolute atomic E-state index is 12.2. The SMILES string of the molecule is COC(=O)[C@@H](C)NC(=O)N1CCC(c2nc3ccccc3[nH]2)CC1. The van der Waals surface area contributed by atoms with E-state index in [1.807, 2.05) is 24.3 Å². The summed E-state index contributed by atoms with van der Waals surface area (Å²) in [7, 11) is 1.31. The molecule has 1 aliphatic heterocycles. The van der Waals surface area contributed by atoms with Gasteiger partial charge in [0.15, 0.2) is 0 Å². The van der Waals surface area contributed by atoms with Gasteiger partial charge in [0.05, 0.1) is 18.1 Å². The third-order valence-corrected chi connectivity index (χ3v) is 4.47. The molecular weight excluding hydrogens is 308 g/mol. The van der Waals surface area contributed by atoms with Gasteiger partial charge in [0.2, 0.25) is 0 Å². The molecule has 2 N–H and O–H groups in total. The first-order valence-electron chi connectivity index (χ1n) is 8.16. The van der Waals surface area contributed by atoms with Gasteiger partial charge in [-0.2, -0.15) is 0 Å². The summed E-state index contributed by atoms with van der Waals surface area (Å²) in [5.41, 5.74) is 2.01. The Morgan fingerprint density at radius 1 is 1.33 bits per heavy atom. The molecule has 0 spiro atoms. The summed E-state index contributed by atoms with van der Waals surface area (Å²) in [4.78, 5) is 33.3. The lowest BCUT2D eigenvalue weighted by molar-refractivity contribution is -0.142. The molecule has 1 saturated heterocycles. The first-order valence-corrected chi connectivity index (χ1v) is 8.16. The molecule has 2 aromatic rings. The minimum Gasteiger partial charge on any atom is -0.467 e. The van der Waals surface area contributed by atoms with E-state index < -0.39 is 12.0 Å². The Morgan fingerprint density at radius 2 is 2.04 bits per heavy atom. The van der Waals surface area contributed by atoms with Crippen LogP contribution in [0.15, 0.2) is 24.3 Å². The molecular formula is C17H22N4O3. The lowest BCUT2D eigenvalue weighted by Gasteiger charge is -2.31. The number of amides is 2. The van der Waals surface area contributed by atoms with Gasteiger partial charge in [-0.1, -0.05) is 12.1 Å². The maximum atomic E-state index is 12.2. The second-order valence-corrected chi connectivity index (χ2v) is 6.09. The van der Waals surface area contributed by atoms with Gasteiger partial charge in [0.1, 0.15) is 11.9 Å². The van der Waals surface area contributed by atoms with Crippen LogP contribution >= 0.6 is 0 Å². The minimum absolute atomic E-state index is 0.226. The van der Waals surface area contributed by atoms with E-state index in [1.54, 1.807) is 11.8 Å². The quantitative estimate of drug-likeness (QED) is 0.843. The van der Waals surface area contributed by atoms with Crippen molar-refractivity contribution in [2.45, 2.75) is 31.7 Å². The van der Waals surface area contributed by atoms with Gasteiger partial charge < -0.3 is 19.9 Å². The average molecular weight is 330 g/mol. The van der Waals surface area contributed by atoms with Gasteiger partial charge in [-0.15, -0.1) is 0 Å². The van der Waals surface area contributed by atoms with Crippen LogP contribution in [0.25, 0.3) is 11.0 Å². The third-order valence-electron chi connectivity index (χ3n) is 4.47. The van der Waals surface area contributed by atoms with Crippen molar-refractivity contribution in [1.82, 2.24) is 20.2 Å². The van der Waals surface area contributed by atoms with Crippen molar-refractivity contribution in [3.05, 3.63) is 30.1 Å². The number of carbonyl (C=O) groups excluding carboxylic acids is 2. The number of benzene rings is 1. The number of urea groups is 1. The Labute approximate surface area is 140 Å². The summed E-state index contributed by atoms with van der Waals surface area (Å²) in [6.45, 7) is 2.90. The van der Waals surface area contributed by atoms with Crippen molar-refractivity contribution in [2.75, 3.05) is 20.2 Å². The van der Waals surface area contributed by atoms with Crippen LogP contribution in [-0.4, -0.2) is 53.1 Å². The molecule has 2 amide bonds. The summed E-state index contributed by atoms with van der Waals surface area (Å²) >= 11 is 0. The Morgan fingerprint density at radius 3 is 2.71 bits per heavy atom. The predicted molar refractivity (Wildman–Crippen MR) is 89.7 cm³/mol. The van der Waals surface area contributed by atoms with Crippen molar-refractivity contribution >= 4 is 23.0 Å². The monoisotopic (exact) mass is 330 g/mol. The van der Waals surface area contributed by atoms with Crippen molar-refractivity contribution < 1.29 is 14.3 Å². The van der Waals surface area contributed by atoms with Crippen LogP contribution in [0.5, 0.6) is 0 Å². The summed E-state index contributed by atoms with van der Waals surface area (Å²) in [6, 6.07) is 7.10. The third kappa shape index (κ3) is 3.34. The Hall–Kier alpha value is -2.57. The van der Waals surface area contributed by atoms with Crippen LogP contribution in [-0.2, 0) is 9.53 Å². The van der Waals surface area contributed by atoms with E-state index in [0.717, 1.165) is 29.7 Å². The number of hydrogen-bond donors (Lipinski definition) is 2. The fourth-order valence-corrected chi connectivity index (χ4v) is 3.03. The number of imidazole rings is 1. The molecule has 128 valence electrons. The highest BCUT2D eigenvalue weighted by Gasteiger charge is 2.27. The molecule has 7 nitrogen and oxygen atoms in total. The van der Waals surface area contributed by atoms with Gasteiger partial charge in [0.25, 0.3) is 0 Å². The number of fused-ring (bicyclic) bond motifs is 1. The van der Waals surface area contributed by atoms with Gasteiger partial charge in [-0.3, -0.25) is 0 Å². The molecule has 3 rings (SSSR count). The molecule has 0 saturated carbocycles. The van der Waals surface area contributed by atoms with Gasteiger partial charge in [-0.05, 0) is 31.9 Å². The number of likely N-dealkylation sites (tertiary alicyclic amines) is 1. The van der Waals surface area contributed by atoms with Crippen LogP contribution < -0.4 is 5.32 Å². The highest BCUT2D eigenvalue weighted by atomic mass is 16.5. The number of rotatable bonds is 3. The molecule has 7 heteroatoms. The second kappa shape index (κ2) is 6.90. The van der Waals surface area contributed by atoms with E-state index in [0.29, 0.717) is 19.0 Å². The number of nitrogens with one attached hydrogen (secondary N) is 2. The molecule has 1 atom stereocenters. The number of H-pyrrole nitrogens is 1. The Bertz CT molecular complexity index is 701. The number of piperidine rings is 1. The summed E-state index contributed by atoms with van der Waals surface area (Å²) in [6.07, 6.45) is 1.69. The van der Waals surface area contributed by atoms with Crippen molar-refractivity contribution in [3.63, 3.8) is 0 Å². The lowest BCUT2D eigenvalue weighted by atomic mass is 9.96. The van der Waals surface area contributed by atoms with Crippen LogP contribution in [0.1, 0.15) is 31.5 Å². The molecule has 1 aromatic heterocycles. The molecule has 0 unspecified atom stereocenters. The van der Waals surface area contributed by atoms with E-state index in [2.05, 4.69) is 20.0 Å². The predicted octanol–water partition coefficient (Wildman–Crippen LogP) is 2.01. The first kappa shape index (κ1) is 16.3. The maximum Gasteiger partial charge on any atom is 0.328 e. The van der Waals surface area contributed by atoms with Crippen LogP contribution in [0.4, 0.5) is 4.79 Å². The number of para-hydroxylation sites is 2. The van der Waals surface area contributed by atoms with Gasteiger partial charge in [-0.25, -0.2) is 14.6 Å². The van der Waals surface area contributed by atoms with Crippen LogP contribution in [0.2, 0.25) is 0 Å². The van der Waals surface area contributed by atoms with Crippen molar-refractivity contribution in [1.29, 1.82) is 0 Å². The fourth-order valence-electron chi connectivity index (χ4n) is 3.03. The zero-order chi connectivity index (χ0) is 17.1. The van der Waals surface area contributed by atoms with E-state index in [4.69, 9.17) is 0 Å². The number of nitrogens with zero attached hydrogens (tertiary/aromatic N) is 2. The number of ether oxygens (including phenoxy) is 1. The van der Waals surface area contributed by atoms with E-state index in [1.165, 1.54) is 7.11 Å². The summed E-state index contributed by atoms with van der Waals surface area (Å²) < 4.78 is 4.62. The van der Waals surface area contributed by atoms with Crippen molar-refractivity contribution in [2.24, 2.45) is 0 Å². The number of methoxy groups -OCH3 is 1. The highest BCUT2D eigenvalue weighted by Crippen LogP contribution is 2.27. The molecule has 0 aliphatic carbocycles. The van der Waals surface area contributed by atoms with E-state index in [9.17, 15) is 9.59 Å². The minimum atomic E-state index is -0.643. The topological polar surface area (TPSA) is 87.3 Å². The van der Waals surface area contributed by atoms with E-state index >= 15 is 0 Å². The van der Waals surface area contributed by atoms with Crippen LogP contribution in [0.3, 0.4) is 0 Å².